The maximum Gasteiger partial charge on any atom is 0.419 e. The largest absolute Gasteiger partial charge is 0.419 e. The minimum Gasteiger partial charge on any atom is -0.408 e. The molecule has 1 fully saturated rings. The van der Waals surface area contributed by atoms with Gasteiger partial charge in [-0.1, -0.05) is 23.7 Å². The van der Waals surface area contributed by atoms with Gasteiger partial charge in [-0.25, -0.2) is 17.9 Å². The van der Waals surface area contributed by atoms with Crippen LogP contribution in [0.25, 0.3) is 11.1 Å². The molecule has 8 heteroatoms. The van der Waals surface area contributed by atoms with Gasteiger partial charge >= 0.3 is 5.76 Å². The quantitative estimate of drug-likeness (QED) is 0.739. The van der Waals surface area contributed by atoms with Crippen LogP contribution in [0.15, 0.2) is 56.6 Å². The van der Waals surface area contributed by atoms with Crippen LogP contribution in [0, 0.1) is 0 Å². The summed E-state index contributed by atoms with van der Waals surface area (Å²) in [6.07, 6.45) is 2.38. The summed E-state index contributed by atoms with van der Waals surface area (Å²) in [4.78, 5) is 11.7. The van der Waals surface area contributed by atoms with Crippen molar-refractivity contribution in [1.29, 1.82) is 0 Å². The summed E-state index contributed by atoms with van der Waals surface area (Å²) in [6.45, 7) is 0. The minimum absolute atomic E-state index is 0.0691. The molecule has 26 heavy (non-hydrogen) atoms. The first-order valence-electron chi connectivity index (χ1n) is 8.20. The van der Waals surface area contributed by atoms with Crippen LogP contribution in [0.1, 0.15) is 24.8 Å². The normalized spacial score (nSPS) is 16.5. The lowest BCUT2D eigenvalue weighted by Crippen LogP contribution is -2.50. The van der Waals surface area contributed by atoms with Crippen molar-refractivity contribution in [2.75, 3.05) is 0 Å². The summed E-state index contributed by atoms with van der Waals surface area (Å²) < 4.78 is 35.2. The average molecular weight is 393 g/mol. The number of nitrogens with one attached hydrogen (secondary N) is 1. The first-order valence-corrected chi connectivity index (χ1v) is 10.1. The molecular weight excluding hydrogens is 376 g/mol. The molecule has 1 heterocycles. The van der Waals surface area contributed by atoms with Crippen LogP contribution in [-0.2, 0) is 22.6 Å². The van der Waals surface area contributed by atoms with Gasteiger partial charge in [0.1, 0.15) is 0 Å². The Morgan fingerprint density at radius 1 is 1.15 bits per heavy atom. The molecule has 1 N–H and O–H groups in total. The van der Waals surface area contributed by atoms with E-state index in [1.165, 1.54) is 16.7 Å². The predicted octanol–water partition coefficient (Wildman–Crippen LogP) is 3.14. The van der Waals surface area contributed by atoms with Crippen molar-refractivity contribution in [2.45, 2.75) is 29.7 Å². The standard InChI is InChI=1S/C18H17ClN2O4S/c1-21-15-8-7-14(11-16(15)25-17(21)22)26(23,24)20-18(9-2-10-18)12-3-5-13(19)6-4-12/h3-8,11,20H,2,9-10H2,1H3. The van der Waals surface area contributed by atoms with E-state index in [2.05, 4.69) is 4.72 Å². The average Bonchev–Trinajstić information content (AvgIpc) is 2.86. The van der Waals surface area contributed by atoms with Gasteiger partial charge in [0.2, 0.25) is 10.0 Å². The fraction of sp³-hybridized carbons (Fsp3) is 0.278. The van der Waals surface area contributed by atoms with E-state index in [1.54, 1.807) is 25.2 Å². The van der Waals surface area contributed by atoms with Crippen molar-refractivity contribution in [1.82, 2.24) is 9.29 Å². The Morgan fingerprint density at radius 3 is 2.46 bits per heavy atom. The van der Waals surface area contributed by atoms with Crippen molar-refractivity contribution in [2.24, 2.45) is 7.05 Å². The molecule has 1 aliphatic rings. The van der Waals surface area contributed by atoms with E-state index in [9.17, 15) is 13.2 Å². The van der Waals surface area contributed by atoms with Gasteiger partial charge in [0, 0.05) is 18.1 Å². The number of benzene rings is 2. The number of aryl methyl sites for hydroxylation is 1. The van der Waals surface area contributed by atoms with Gasteiger partial charge < -0.3 is 4.42 Å². The van der Waals surface area contributed by atoms with Crippen LogP contribution in [0.2, 0.25) is 5.02 Å². The minimum atomic E-state index is -3.79. The summed E-state index contributed by atoms with van der Waals surface area (Å²) in [5.74, 6) is -0.529. The van der Waals surface area contributed by atoms with E-state index in [1.807, 2.05) is 12.1 Å². The molecule has 0 spiro atoms. The lowest BCUT2D eigenvalue weighted by molar-refractivity contribution is 0.224. The van der Waals surface area contributed by atoms with Crippen molar-refractivity contribution in [3.05, 3.63) is 63.6 Å². The third-order valence-corrected chi connectivity index (χ3v) is 6.79. The molecule has 2 aromatic carbocycles. The lowest BCUT2D eigenvalue weighted by atomic mass is 9.73. The van der Waals surface area contributed by atoms with Crippen LogP contribution in [0.3, 0.4) is 0 Å². The van der Waals surface area contributed by atoms with Crippen LogP contribution in [0.5, 0.6) is 0 Å². The Labute approximate surface area is 155 Å². The van der Waals surface area contributed by atoms with Crippen molar-refractivity contribution >= 4 is 32.7 Å². The van der Waals surface area contributed by atoms with E-state index in [0.717, 1.165) is 24.8 Å². The molecule has 136 valence electrons. The predicted molar refractivity (Wildman–Crippen MR) is 98.8 cm³/mol. The number of fused-ring (bicyclic) bond motifs is 1. The van der Waals surface area contributed by atoms with E-state index >= 15 is 0 Å². The summed E-state index contributed by atoms with van der Waals surface area (Å²) in [5.41, 5.74) is 1.05. The Bertz CT molecular complexity index is 1140. The highest BCUT2D eigenvalue weighted by Crippen LogP contribution is 2.42. The van der Waals surface area contributed by atoms with Crippen LogP contribution in [0.4, 0.5) is 0 Å². The van der Waals surface area contributed by atoms with Gasteiger partial charge in [-0.15, -0.1) is 0 Å². The number of oxazole rings is 1. The van der Waals surface area contributed by atoms with Crippen molar-refractivity contribution in [3.8, 4) is 0 Å². The first kappa shape index (κ1) is 17.3. The molecule has 0 saturated heterocycles. The zero-order valence-electron chi connectivity index (χ0n) is 14.0. The molecule has 0 aliphatic heterocycles. The maximum absolute atomic E-state index is 13.0. The highest BCUT2D eigenvalue weighted by Gasteiger charge is 2.42. The fourth-order valence-electron chi connectivity index (χ4n) is 3.35. The molecule has 3 aromatic rings. The number of rotatable bonds is 4. The van der Waals surface area contributed by atoms with Crippen molar-refractivity contribution in [3.63, 3.8) is 0 Å². The zero-order valence-corrected chi connectivity index (χ0v) is 15.6. The van der Waals surface area contributed by atoms with E-state index < -0.39 is 21.3 Å². The molecule has 1 saturated carbocycles. The summed E-state index contributed by atoms with van der Waals surface area (Å²) in [5, 5.41) is 0.607. The molecule has 1 aliphatic carbocycles. The third kappa shape index (κ3) is 2.76. The molecule has 0 radical (unpaired) electrons. The van der Waals surface area contributed by atoms with Gasteiger partial charge in [-0.2, -0.15) is 0 Å². The van der Waals surface area contributed by atoms with Crippen LogP contribution >= 0.6 is 11.6 Å². The van der Waals surface area contributed by atoms with Crippen LogP contribution in [-0.4, -0.2) is 13.0 Å². The van der Waals surface area contributed by atoms with Gasteiger partial charge in [-0.05, 0) is 49.1 Å². The third-order valence-electron chi connectivity index (χ3n) is 5.01. The topological polar surface area (TPSA) is 81.3 Å². The summed E-state index contributed by atoms with van der Waals surface area (Å²) in [6, 6.07) is 11.7. The monoisotopic (exact) mass is 392 g/mol. The van der Waals surface area contributed by atoms with E-state index in [0.29, 0.717) is 10.5 Å². The van der Waals surface area contributed by atoms with Crippen LogP contribution < -0.4 is 10.5 Å². The number of sulfonamides is 1. The van der Waals surface area contributed by atoms with Crippen molar-refractivity contribution < 1.29 is 12.8 Å². The van der Waals surface area contributed by atoms with E-state index in [-0.39, 0.29) is 10.5 Å². The Balaban J connectivity index is 1.72. The molecule has 4 rings (SSSR count). The highest BCUT2D eigenvalue weighted by atomic mass is 35.5. The number of hydrogen-bond donors (Lipinski definition) is 1. The number of aromatic nitrogens is 1. The van der Waals surface area contributed by atoms with Gasteiger partial charge in [-0.3, -0.25) is 4.57 Å². The molecular formula is C18H17ClN2O4S. The molecule has 0 unspecified atom stereocenters. The molecule has 0 amide bonds. The molecule has 0 bridgehead atoms. The van der Waals surface area contributed by atoms with Gasteiger partial charge in [0.15, 0.2) is 5.58 Å². The molecule has 0 atom stereocenters. The Morgan fingerprint density at radius 2 is 1.85 bits per heavy atom. The second-order valence-electron chi connectivity index (χ2n) is 6.60. The Kier molecular flexibility index (Phi) is 3.98. The van der Waals surface area contributed by atoms with E-state index in [4.69, 9.17) is 16.0 Å². The summed E-state index contributed by atoms with van der Waals surface area (Å²) in [7, 11) is -2.21. The zero-order chi connectivity index (χ0) is 18.5. The van der Waals surface area contributed by atoms with Gasteiger partial charge in [0.25, 0.3) is 0 Å². The molecule has 6 nitrogen and oxygen atoms in total. The smallest absolute Gasteiger partial charge is 0.408 e. The Hall–Kier alpha value is -2.09. The number of hydrogen-bond acceptors (Lipinski definition) is 4. The summed E-state index contributed by atoms with van der Waals surface area (Å²) >= 11 is 5.95. The first-order chi connectivity index (χ1) is 12.3. The van der Waals surface area contributed by atoms with Gasteiger partial charge in [0.05, 0.1) is 16.0 Å². The fourth-order valence-corrected chi connectivity index (χ4v) is 4.94. The second-order valence-corrected chi connectivity index (χ2v) is 8.72. The highest BCUT2D eigenvalue weighted by molar-refractivity contribution is 7.89. The lowest BCUT2D eigenvalue weighted by Gasteiger charge is -2.42. The maximum atomic E-state index is 13.0. The SMILES string of the molecule is Cn1c(=O)oc2cc(S(=O)(=O)NC3(c4ccc(Cl)cc4)CCC3)ccc21. The number of nitrogens with zero attached hydrogens (tertiary/aromatic N) is 1. The molecule has 1 aromatic heterocycles. The second kappa shape index (κ2) is 5.97. The number of halogens is 1.